The molecule has 0 aliphatic heterocycles. The lowest BCUT2D eigenvalue weighted by atomic mass is 10.1. The molecule has 96 valence electrons. The summed E-state index contributed by atoms with van der Waals surface area (Å²) in [5.41, 5.74) is 6.95. The van der Waals surface area contributed by atoms with E-state index in [1.54, 1.807) is 0 Å². The van der Waals surface area contributed by atoms with E-state index in [1.165, 1.54) is 17.4 Å². The van der Waals surface area contributed by atoms with Gasteiger partial charge in [0.15, 0.2) is 5.13 Å². The fraction of sp³-hybridized carbons (Fsp3) is 0.250. The minimum Gasteiger partial charge on any atom is -0.375 e. The Morgan fingerprint density at radius 3 is 2.72 bits per heavy atom. The van der Waals surface area contributed by atoms with Gasteiger partial charge in [-0.2, -0.15) is 0 Å². The van der Waals surface area contributed by atoms with Crippen LogP contribution in [-0.2, 0) is 12.8 Å². The molecule has 0 saturated heterocycles. The number of halogens is 3. The average molecular weight is 333 g/mol. The van der Waals surface area contributed by atoms with Crippen LogP contribution in [0.25, 0.3) is 0 Å². The van der Waals surface area contributed by atoms with Gasteiger partial charge in [-0.1, -0.05) is 6.92 Å². The van der Waals surface area contributed by atoms with Gasteiger partial charge in [-0.05, 0) is 34.0 Å². The SMILES string of the molecule is CCc1nc(N)sc1Cc1cc(Br)c(F)cc1F. The Bertz CT molecular complexity index is 584. The topological polar surface area (TPSA) is 38.9 Å². The number of nitrogen functional groups attached to an aromatic ring is 1. The number of nitrogens with two attached hydrogens (primary N) is 1. The fourth-order valence-electron chi connectivity index (χ4n) is 1.69. The van der Waals surface area contributed by atoms with Crippen molar-refractivity contribution in [3.8, 4) is 0 Å². The van der Waals surface area contributed by atoms with Gasteiger partial charge in [-0.15, -0.1) is 11.3 Å². The highest BCUT2D eigenvalue weighted by atomic mass is 79.9. The first kappa shape index (κ1) is 13.4. The Morgan fingerprint density at radius 2 is 2.06 bits per heavy atom. The summed E-state index contributed by atoms with van der Waals surface area (Å²) in [6.45, 7) is 1.97. The zero-order valence-electron chi connectivity index (χ0n) is 9.64. The van der Waals surface area contributed by atoms with Crippen molar-refractivity contribution in [3.63, 3.8) is 0 Å². The summed E-state index contributed by atoms with van der Waals surface area (Å²) in [4.78, 5) is 5.11. The number of thiazole rings is 1. The summed E-state index contributed by atoms with van der Waals surface area (Å²) in [5.74, 6) is -1.15. The predicted octanol–water partition coefficient (Wildman–Crippen LogP) is 3.92. The van der Waals surface area contributed by atoms with Crippen molar-refractivity contribution in [2.75, 3.05) is 5.73 Å². The highest BCUT2D eigenvalue weighted by molar-refractivity contribution is 9.10. The van der Waals surface area contributed by atoms with Crippen molar-refractivity contribution in [2.45, 2.75) is 19.8 Å². The summed E-state index contributed by atoms with van der Waals surface area (Å²) < 4.78 is 27.0. The molecule has 1 aromatic carbocycles. The van der Waals surface area contributed by atoms with Crippen LogP contribution in [0.2, 0.25) is 0 Å². The number of nitrogens with zero attached hydrogens (tertiary/aromatic N) is 1. The number of anilines is 1. The number of rotatable bonds is 3. The molecule has 1 aromatic heterocycles. The number of hydrogen-bond donors (Lipinski definition) is 1. The van der Waals surface area contributed by atoms with Gasteiger partial charge in [0.2, 0.25) is 0 Å². The van der Waals surface area contributed by atoms with Crippen molar-refractivity contribution < 1.29 is 8.78 Å². The molecule has 0 aliphatic rings. The Balaban J connectivity index is 2.36. The van der Waals surface area contributed by atoms with Crippen LogP contribution in [0.5, 0.6) is 0 Å². The van der Waals surface area contributed by atoms with Gasteiger partial charge in [0, 0.05) is 17.4 Å². The summed E-state index contributed by atoms with van der Waals surface area (Å²) in [6, 6.07) is 2.34. The third-order valence-electron chi connectivity index (χ3n) is 2.57. The van der Waals surface area contributed by atoms with Crippen molar-refractivity contribution in [1.29, 1.82) is 0 Å². The van der Waals surface area contributed by atoms with Crippen LogP contribution in [-0.4, -0.2) is 4.98 Å². The van der Waals surface area contributed by atoms with Gasteiger partial charge in [-0.3, -0.25) is 0 Å². The summed E-state index contributed by atoms with van der Waals surface area (Å²) in [7, 11) is 0. The summed E-state index contributed by atoms with van der Waals surface area (Å²) in [6.07, 6.45) is 1.12. The van der Waals surface area contributed by atoms with Crippen LogP contribution in [0.15, 0.2) is 16.6 Å². The number of aromatic nitrogens is 1. The first-order valence-electron chi connectivity index (χ1n) is 5.38. The Labute approximate surface area is 116 Å². The quantitative estimate of drug-likeness (QED) is 0.865. The molecule has 0 bridgehead atoms. The van der Waals surface area contributed by atoms with E-state index in [1.807, 2.05) is 6.92 Å². The minimum atomic E-state index is -0.601. The van der Waals surface area contributed by atoms with Crippen LogP contribution in [0.3, 0.4) is 0 Å². The second kappa shape index (κ2) is 5.32. The van der Waals surface area contributed by atoms with E-state index in [4.69, 9.17) is 5.73 Å². The molecular weight excluding hydrogens is 322 g/mol. The normalized spacial score (nSPS) is 10.9. The number of hydrogen-bond acceptors (Lipinski definition) is 3. The zero-order valence-corrected chi connectivity index (χ0v) is 12.0. The third kappa shape index (κ3) is 2.70. The largest absolute Gasteiger partial charge is 0.375 e. The van der Waals surface area contributed by atoms with E-state index in [0.29, 0.717) is 17.1 Å². The van der Waals surface area contributed by atoms with E-state index in [-0.39, 0.29) is 4.47 Å². The fourth-order valence-corrected chi connectivity index (χ4v) is 3.02. The first-order valence-corrected chi connectivity index (χ1v) is 6.99. The lowest BCUT2D eigenvalue weighted by molar-refractivity contribution is 0.570. The van der Waals surface area contributed by atoms with Gasteiger partial charge in [0.1, 0.15) is 11.6 Å². The van der Waals surface area contributed by atoms with Crippen molar-refractivity contribution in [3.05, 3.63) is 44.4 Å². The molecule has 0 saturated carbocycles. The van der Waals surface area contributed by atoms with E-state index < -0.39 is 11.6 Å². The highest BCUT2D eigenvalue weighted by Crippen LogP contribution is 2.27. The molecule has 0 fully saturated rings. The standard InChI is InChI=1S/C12H11BrF2N2S/c1-2-10-11(18-12(16)17-10)4-6-3-7(13)9(15)5-8(6)14/h3,5H,2,4H2,1H3,(H2,16,17). The lowest BCUT2D eigenvalue weighted by Crippen LogP contribution is -1.96. The second-order valence-electron chi connectivity index (χ2n) is 3.81. The highest BCUT2D eigenvalue weighted by Gasteiger charge is 2.13. The molecule has 0 aliphatic carbocycles. The Kier molecular flexibility index (Phi) is 3.97. The molecule has 1 heterocycles. The summed E-state index contributed by atoms with van der Waals surface area (Å²) >= 11 is 4.40. The maximum Gasteiger partial charge on any atom is 0.180 e. The van der Waals surface area contributed by atoms with Gasteiger partial charge in [0.05, 0.1) is 10.2 Å². The molecule has 2 N–H and O–H groups in total. The molecule has 0 spiro atoms. The molecule has 0 unspecified atom stereocenters. The first-order chi connectivity index (χ1) is 8.51. The van der Waals surface area contributed by atoms with Crippen LogP contribution < -0.4 is 5.73 Å². The molecule has 2 rings (SSSR count). The van der Waals surface area contributed by atoms with Gasteiger partial charge in [-0.25, -0.2) is 13.8 Å². The van der Waals surface area contributed by atoms with Crippen molar-refractivity contribution in [1.82, 2.24) is 4.98 Å². The van der Waals surface area contributed by atoms with Gasteiger partial charge in [0.25, 0.3) is 0 Å². The molecule has 0 amide bonds. The monoisotopic (exact) mass is 332 g/mol. The summed E-state index contributed by atoms with van der Waals surface area (Å²) in [5, 5.41) is 0.475. The van der Waals surface area contributed by atoms with E-state index in [0.717, 1.165) is 23.1 Å². The van der Waals surface area contributed by atoms with Gasteiger partial charge >= 0.3 is 0 Å². The zero-order chi connectivity index (χ0) is 13.3. The molecule has 0 radical (unpaired) electrons. The van der Waals surface area contributed by atoms with Gasteiger partial charge < -0.3 is 5.73 Å². The smallest absolute Gasteiger partial charge is 0.180 e. The molecule has 6 heteroatoms. The maximum absolute atomic E-state index is 13.7. The average Bonchev–Trinajstić information content (AvgIpc) is 2.66. The Morgan fingerprint density at radius 1 is 1.33 bits per heavy atom. The van der Waals surface area contributed by atoms with E-state index >= 15 is 0 Å². The molecule has 18 heavy (non-hydrogen) atoms. The van der Waals surface area contributed by atoms with E-state index in [2.05, 4.69) is 20.9 Å². The molecule has 0 atom stereocenters. The second-order valence-corrected chi connectivity index (χ2v) is 5.78. The third-order valence-corrected chi connectivity index (χ3v) is 4.10. The van der Waals surface area contributed by atoms with Crippen LogP contribution >= 0.6 is 27.3 Å². The maximum atomic E-state index is 13.7. The number of benzene rings is 1. The number of aryl methyl sites for hydroxylation is 1. The van der Waals surface area contributed by atoms with Crippen molar-refractivity contribution >= 4 is 32.4 Å². The minimum absolute atomic E-state index is 0.259. The molecule has 2 aromatic rings. The van der Waals surface area contributed by atoms with Crippen LogP contribution in [0.1, 0.15) is 23.1 Å². The van der Waals surface area contributed by atoms with Crippen LogP contribution in [0.4, 0.5) is 13.9 Å². The molecule has 2 nitrogen and oxygen atoms in total. The van der Waals surface area contributed by atoms with Crippen molar-refractivity contribution in [2.24, 2.45) is 0 Å². The van der Waals surface area contributed by atoms with Crippen LogP contribution in [0, 0.1) is 11.6 Å². The Hall–Kier alpha value is -1.01. The van der Waals surface area contributed by atoms with E-state index in [9.17, 15) is 8.78 Å². The predicted molar refractivity (Wildman–Crippen MR) is 72.8 cm³/mol. The lowest BCUT2D eigenvalue weighted by Gasteiger charge is -2.04. The molecular formula is C12H11BrF2N2S.